The smallest absolute Gasteiger partial charge is 0.0793 e. The Kier molecular flexibility index (Phi) is 3.75. The third kappa shape index (κ3) is 2.94. The van der Waals surface area contributed by atoms with Crippen LogP contribution in [0.2, 0.25) is 0 Å². The first-order valence-electron chi connectivity index (χ1n) is 5.53. The van der Waals surface area contributed by atoms with E-state index < -0.39 is 0 Å². The quantitative estimate of drug-likeness (QED) is 0.851. The summed E-state index contributed by atoms with van der Waals surface area (Å²) in [5.41, 5.74) is 2.34. The molecule has 16 heavy (non-hydrogen) atoms. The van der Waals surface area contributed by atoms with Crippen molar-refractivity contribution in [3.05, 3.63) is 57.8 Å². The summed E-state index contributed by atoms with van der Waals surface area (Å²) < 4.78 is 0. The zero-order chi connectivity index (χ0) is 11.4. The summed E-state index contributed by atoms with van der Waals surface area (Å²) >= 11 is 1.77. The summed E-state index contributed by atoms with van der Waals surface area (Å²) in [6.07, 6.45) is 1.39. The molecule has 84 valence electrons. The van der Waals surface area contributed by atoms with Gasteiger partial charge in [0.15, 0.2) is 0 Å². The van der Waals surface area contributed by atoms with Crippen molar-refractivity contribution in [2.75, 3.05) is 0 Å². The zero-order valence-corrected chi connectivity index (χ0v) is 10.2. The van der Waals surface area contributed by atoms with Crippen molar-refractivity contribution >= 4 is 11.3 Å². The van der Waals surface area contributed by atoms with Crippen molar-refractivity contribution in [2.45, 2.75) is 25.9 Å². The summed E-state index contributed by atoms with van der Waals surface area (Å²) in [6, 6.07) is 12.1. The van der Waals surface area contributed by atoms with Crippen molar-refractivity contribution in [3.63, 3.8) is 0 Å². The van der Waals surface area contributed by atoms with E-state index in [1.807, 2.05) is 30.3 Å². The van der Waals surface area contributed by atoms with Crippen LogP contribution in [-0.2, 0) is 6.42 Å². The lowest BCUT2D eigenvalue weighted by Gasteiger charge is -2.09. The second kappa shape index (κ2) is 5.28. The van der Waals surface area contributed by atoms with Crippen LogP contribution < -0.4 is 0 Å². The van der Waals surface area contributed by atoms with Crippen LogP contribution in [0.5, 0.6) is 0 Å². The van der Waals surface area contributed by atoms with Gasteiger partial charge in [0.25, 0.3) is 0 Å². The summed E-state index contributed by atoms with van der Waals surface area (Å²) in [6.45, 7) is 2.11. The monoisotopic (exact) mass is 232 g/mol. The molecule has 0 aliphatic heterocycles. The van der Waals surface area contributed by atoms with Crippen molar-refractivity contribution in [1.29, 1.82) is 0 Å². The van der Waals surface area contributed by atoms with Gasteiger partial charge in [0.1, 0.15) is 0 Å². The van der Waals surface area contributed by atoms with E-state index in [-0.39, 0.29) is 6.10 Å². The van der Waals surface area contributed by atoms with Crippen molar-refractivity contribution in [3.8, 4) is 0 Å². The van der Waals surface area contributed by atoms with E-state index in [4.69, 9.17) is 0 Å². The number of aliphatic hydroxyl groups excluding tert-OH is 1. The minimum absolute atomic E-state index is 0.346. The third-order valence-corrected chi connectivity index (χ3v) is 3.59. The minimum atomic E-state index is -0.346. The van der Waals surface area contributed by atoms with Crippen LogP contribution in [0.3, 0.4) is 0 Å². The zero-order valence-electron chi connectivity index (χ0n) is 9.39. The lowest BCUT2D eigenvalue weighted by Crippen LogP contribution is -1.98. The lowest BCUT2D eigenvalue weighted by atomic mass is 10.0. The van der Waals surface area contributed by atoms with Gasteiger partial charge in [-0.2, -0.15) is 0 Å². The van der Waals surface area contributed by atoms with Gasteiger partial charge >= 0.3 is 0 Å². The van der Waals surface area contributed by atoms with Crippen LogP contribution in [0.25, 0.3) is 0 Å². The number of hydrogen-bond donors (Lipinski definition) is 1. The molecule has 0 saturated heterocycles. The fourth-order valence-corrected chi connectivity index (χ4v) is 2.52. The van der Waals surface area contributed by atoms with E-state index in [9.17, 15) is 5.11 Å². The Morgan fingerprint density at radius 1 is 1.25 bits per heavy atom. The summed E-state index contributed by atoms with van der Waals surface area (Å²) in [5.74, 6) is 0. The Morgan fingerprint density at radius 3 is 2.62 bits per heavy atom. The maximum atomic E-state index is 9.99. The molecule has 0 aliphatic rings. The summed E-state index contributed by atoms with van der Waals surface area (Å²) in [4.78, 5) is 1.34. The molecule has 1 heterocycles. The standard InChI is InChI=1S/C14H16OS/c1-11-9-12(10-16-11)7-8-14(15)13-5-3-2-4-6-13/h2-6,9-10,14-15H,7-8H2,1H3. The minimum Gasteiger partial charge on any atom is -0.388 e. The van der Waals surface area contributed by atoms with E-state index in [0.717, 1.165) is 18.4 Å². The Bertz CT molecular complexity index is 433. The topological polar surface area (TPSA) is 20.2 Å². The molecule has 0 amide bonds. The van der Waals surface area contributed by atoms with Gasteiger partial charge in [-0.15, -0.1) is 11.3 Å². The molecule has 2 heteroatoms. The molecule has 0 radical (unpaired) electrons. The van der Waals surface area contributed by atoms with Crippen LogP contribution in [0.4, 0.5) is 0 Å². The first kappa shape index (κ1) is 11.4. The SMILES string of the molecule is Cc1cc(CCC(O)c2ccccc2)cs1. The number of thiophene rings is 1. The predicted octanol–water partition coefficient (Wildman–Crippen LogP) is 3.72. The fourth-order valence-electron chi connectivity index (χ4n) is 1.77. The van der Waals surface area contributed by atoms with E-state index in [2.05, 4.69) is 18.4 Å². The highest BCUT2D eigenvalue weighted by Crippen LogP contribution is 2.21. The Balaban J connectivity index is 1.91. The van der Waals surface area contributed by atoms with Crippen molar-refractivity contribution in [1.82, 2.24) is 0 Å². The first-order valence-corrected chi connectivity index (χ1v) is 6.40. The van der Waals surface area contributed by atoms with Gasteiger partial charge in [-0.3, -0.25) is 0 Å². The molecule has 0 spiro atoms. The van der Waals surface area contributed by atoms with E-state index in [1.54, 1.807) is 11.3 Å². The van der Waals surface area contributed by atoms with Gasteiger partial charge in [-0.05, 0) is 42.3 Å². The molecule has 0 bridgehead atoms. The number of hydrogen-bond acceptors (Lipinski definition) is 2. The second-order valence-electron chi connectivity index (χ2n) is 4.03. The molecule has 1 aromatic heterocycles. The van der Waals surface area contributed by atoms with Crippen LogP contribution in [0.15, 0.2) is 41.8 Å². The normalized spacial score (nSPS) is 12.6. The summed E-state index contributed by atoms with van der Waals surface area (Å²) in [5, 5.41) is 12.2. The molecule has 1 atom stereocenters. The van der Waals surface area contributed by atoms with Gasteiger partial charge in [0.05, 0.1) is 6.10 Å². The van der Waals surface area contributed by atoms with Crippen LogP contribution in [0.1, 0.15) is 28.5 Å². The lowest BCUT2D eigenvalue weighted by molar-refractivity contribution is 0.168. The Labute approximate surface area is 100 Å². The number of benzene rings is 1. The van der Waals surface area contributed by atoms with Gasteiger partial charge in [-0.25, -0.2) is 0 Å². The van der Waals surface area contributed by atoms with Crippen molar-refractivity contribution < 1.29 is 5.11 Å². The van der Waals surface area contributed by atoms with E-state index in [1.165, 1.54) is 10.4 Å². The third-order valence-electron chi connectivity index (χ3n) is 2.68. The maximum absolute atomic E-state index is 9.99. The molecular weight excluding hydrogens is 216 g/mol. The molecule has 0 fully saturated rings. The molecule has 0 saturated carbocycles. The van der Waals surface area contributed by atoms with Crippen LogP contribution in [0, 0.1) is 6.92 Å². The van der Waals surface area contributed by atoms with E-state index in [0.29, 0.717) is 0 Å². The first-order chi connectivity index (χ1) is 7.75. The molecule has 2 aromatic rings. The largest absolute Gasteiger partial charge is 0.388 e. The molecule has 1 aromatic carbocycles. The second-order valence-corrected chi connectivity index (χ2v) is 5.15. The number of aliphatic hydroxyl groups is 1. The Hall–Kier alpha value is -1.12. The average Bonchev–Trinajstić information content (AvgIpc) is 2.73. The molecule has 2 rings (SSSR count). The average molecular weight is 232 g/mol. The number of aryl methyl sites for hydroxylation is 2. The predicted molar refractivity (Wildman–Crippen MR) is 68.8 cm³/mol. The van der Waals surface area contributed by atoms with Crippen LogP contribution >= 0.6 is 11.3 Å². The Morgan fingerprint density at radius 2 is 2.00 bits per heavy atom. The van der Waals surface area contributed by atoms with Gasteiger partial charge < -0.3 is 5.11 Å². The highest BCUT2D eigenvalue weighted by molar-refractivity contribution is 7.10. The molecule has 1 N–H and O–H groups in total. The van der Waals surface area contributed by atoms with Crippen molar-refractivity contribution in [2.24, 2.45) is 0 Å². The van der Waals surface area contributed by atoms with Gasteiger partial charge in [0.2, 0.25) is 0 Å². The van der Waals surface area contributed by atoms with Gasteiger partial charge in [0, 0.05) is 4.88 Å². The van der Waals surface area contributed by atoms with E-state index >= 15 is 0 Å². The number of rotatable bonds is 4. The van der Waals surface area contributed by atoms with Gasteiger partial charge in [-0.1, -0.05) is 30.3 Å². The molecule has 1 unspecified atom stereocenters. The highest BCUT2D eigenvalue weighted by atomic mass is 32.1. The fraction of sp³-hybridized carbons (Fsp3) is 0.286. The molecular formula is C14H16OS. The highest BCUT2D eigenvalue weighted by Gasteiger charge is 2.07. The molecule has 0 aliphatic carbocycles. The molecule has 1 nitrogen and oxygen atoms in total. The maximum Gasteiger partial charge on any atom is 0.0793 e. The summed E-state index contributed by atoms with van der Waals surface area (Å²) in [7, 11) is 0. The van der Waals surface area contributed by atoms with Crippen LogP contribution in [-0.4, -0.2) is 5.11 Å².